The minimum Gasteiger partial charge on any atom is -0.493 e. The Morgan fingerprint density at radius 1 is 1.19 bits per heavy atom. The number of nitrogens with zero attached hydrogens (tertiary/aromatic N) is 4. The predicted molar refractivity (Wildman–Crippen MR) is 140 cm³/mol. The lowest BCUT2D eigenvalue weighted by atomic mass is 10.2. The van der Waals surface area contributed by atoms with Gasteiger partial charge in [0.05, 0.1) is 19.7 Å². The Balaban J connectivity index is 0.00000289. The summed E-state index contributed by atoms with van der Waals surface area (Å²) in [6.07, 6.45) is 3.52. The van der Waals surface area contributed by atoms with Gasteiger partial charge < -0.3 is 19.9 Å². The maximum atomic E-state index is 6.04. The van der Waals surface area contributed by atoms with Crippen molar-refractivity contribution in [2.75, 3.05) is 13.2 Å². The van der Waals surface area contributed by atoms with Crippen molar-refractivity contribution < 1.29 is 4.74 Å². The first kappa shape index (κ1) is 24.5. The van der Waals surface area contributed by atoms with Crippen LogP contribution in [-0.2, 0) is 26.6 Å². The summed E-state index contributed by atoms with van der Waals surface area (Å²) < 4.78 is 8.02. The molecule has 1 fully saturated rings. The summed E-state index contributed by atoms with van der Waals surface area (Å²) in [6.45, 7) is 4.67. The Kier molecular flexibility index (Phi) is 9.34. The van der Waals surface area contributed by atoms with Crippen LogP contribution < -0.4 is 15.4 Å². The van der Waals surface area contributed by atoms with E-state index in [-0.39, 0.29) is 24.0 Å². The van der Waals surface area contributed by atoms with E-state index in [1.54, 1.807) is 11.3 Å². The van der Waals surface area contributed by atoms with Crippen molar-refractivity contribution in [1.82, 2.24) is 25.4 Å². The lowest BCUT2D eigenvalue weighted by molar-refractivity contribution is 0.297. The molecule has 32 heavy (non-hydrogen) atoms. The van der Waals surface area contributed by atoms with Crippen LogP contribution in [0.1, 0.15) is 34.9 Å². The number of halogens is 1. The van der Waals surface area contributed by atoms with E-state index in [2.05, 4.69) is 44.4 Å². The second-order valence-electron chi connectivity index (χ2n) is 7.86. The fraction of sp³-hybridized carbons (Fsp3) is 0.435. The minimum atomic E-state index is 0. The van der Waals surface area contributed by atoms with E-state index < -0.39 is 0 Å². The molecular weight excluding hydrogens is 535 g/mol. The second kappa shape index (κ2) is 12.2. The fourth-order valence-corrected chi connectivity index (χ4v) is 3.84. The molecule has 2 heterocycles. The number of para-hydroxylation sites is 1. The maximum absolute atomic E-state index is 6.04. The number of aliphatic imine (C=N–C) groups is 1. The third-order valence-electron chi connectivity index (χ3n) is 5.39. The summed E-state index contributed by atoms with van der Waals surface area (Å²) in [7, 11) is 1.97. The van der Waals surface area contributed by atoms with Gasteiger partial charge in [-0.2, -0.15) is 0 Å². The number of hydrogen-bond donors (Lipinski definition) is 2. The summed E-state index contributed by atoms with van der Waals surface area (Å²) >= 11 is 1.78. The molecule has 2 N–H and O–H groups in total. The number of hydrogen-bond acceptors (Lipinski definition) is 5. The molecule has 0 amide bonds. The van der Waals surface area contributed by atoms with Crippen LogP contribution in [0.4, 0.5) is 0 Å². The highest BCUT2D eigenvalue weighted by atomic mass is 127. The number of thiophene rings is 1. The summed E-state index contributed by atoms with van der Waals surface area (Å²) in [4.78, 5) is 6.18. The molecule has 1 aliphatic rings. The van der Waals surface area contributed by atoms with Crippen molar-refractivity contribution in [1.29, 1.82) is 0 Å². The van der Waals surface area contributed by atoms with Crippen molar-refractivity contribution in [3.05, 3.63) is 63.9 Å². The van der Waals surface area contributed by atoms with E-state index in [9.17, 15) is 0 Å². The average molecular weight is 567 g/mol. The van der Waals surface area contributed by atoms with Crippen molar-refractivity contribution in [3.8, 4) is 5.75 Å². The van der Waals surface area contributed by atoms with Crippen LogP contribution in [-0.4, -0.2) is 33.9 Å². The molecule has 0 unspecified atom stereocenters. The zero-order valence-electron chi connectivity index (χ0n) is 18.6. The Labute approximate surface area is 210 Å². The molecule has 0 atom stereocenters. The average Bonchev–Trinajstić information content (AvgIpc) is 3.37. The van der Waals surface area contributed by atoms with Crippen LogP contribution in [0.25, 0.3) is 0 Å². The molecule has 9 heteroatoms. The highest BCUT2D eigenvalue weighted by molar-refractivity contribution is 14.0. The first-order chi connectivity index (χ1) is 15.2. The molecule has 0 radical (unpaired) electrons. The topological polar surface area (TPSA) is 76.4 Å². The van der Waals surface area contributed by atoms with Crippen molar-refractivity contribution in [2.45, 2.75) is 39.3 Å². The van der Waals surface area contributed by atoms with Gasteiger partial charge in [0.1, 0.15) is 11.6 Å². The molecule has 3 aromatic rings. The van der Waals surface area contributed by atoms with Crippen LogP contribution in [0.15, 0.2) is 46.8 Å². The summed E-state index contributed by atoms with van der Waals surface area (Å²) in [5, 5.41) is 17.3. The molecular formula is C23H31IN6OS. The fourth-order valence-electron chi connectivity index (χ4n) is 3.13. The van der Waals surface area contributed by atoms with E-state index in [4.69, 9.17) is 9.73 Å². The quantitative estimate of drug-likeness (QED) is 0.220. The summed E-state index contributed by atoms with van der Waals surface area (Å²) in [5.41, 5.74) is 1.09. The standard InChI is InChI=1S/C23H30N6OS.HI/c1-17-27-28-22(29(17)2)15-26-23(24-12-11-20-7-5-13-31-20)25-14-19-6-3-4-8-21(19)30-16-18-9-10-18;/h3-8,13,18H,9-12,14-16H2,1-2H3,(H2,24,25,26);1H. The lowest BCUT2D eigenvalue weighted by Gasteiger charge is -2.14. The van der Waals surface area contributed by atoms with Gasteiger partial charge >= 0.3 is 0 Å². The van der Waals surface area contributed by atoms with Crippen LogP contribution >= 0.6 is 35.3 Å². The first-order valence-electron chi connectivity index (χ1n) is 10.8. The molecule has 7 nitrogen and oxygen atoms in total. The number of ether oxygens (including phenoxy) is 1. The minimum absolute atomic E-state index is 0. The number of aryl methyl sites for hydroxylation is 1. The van der Waals surface area contributed by atoms with Gasteiger partial charge in [0, 0.05) is 24.0 Å². The van der Waals surface area contributed by atoms with Gasteiger partial charge in [-0.3, -0.25) is 0 Å². The van der Waals surface area contributed by atoms with Crippen LogP contribution in [0.2, 0.25) is 0 Å². The zero-order valence-corrected chi connectivity index (χ0v) is 21.7. The van der Waals surface area contributed by atoms with E-state index >= 15 is 0 Å². The smallest absolute Gasteiger partial charge is 0.191 e. The Hall–Kier alpha value is -2.14. The SMILES string of the molecule is Cc1nnc(CNC(=NCc2ccccc2OCC2CC2)NCCc2cccs2)n1C.I. The second-order valence-corrected chi connectivity index (χ2v) is 8.89. The maximum Gasteiger partial charge on any atom is 0.191 e. The van der Waals surface area contributed by atoms with Gasteiger partial charge in [-0.25, -0.2) is 4.99 Å². The number of rotatable bonds is 10. The van der Waals surface area contributed by atoms with E-state index in [1.807, 2.05) is 36.7 Å². The Bertz CT molecular complexity index is 1000. The predicted octanol–water partition coefficient (Wildman–Crippen LogP) is 4.07. The van der Waals surface area contributed by atoms with Crippen molar-refractivity contribution in [2.24, 2.45) is 18.0 Å². The number of guanidine groups is 1. The van der Waals surface area contributed by atoms with E-state index in [0.29, 0.717) is 13.1 Å². The van der Waals surface area contributed by atoms with Gasteiger partial charge in [-0.15, -0.1) is 45.5 Å². The largest absolute Gasteiger partial charge is 0.493 e. The number of benzene rings is 1. The molecule has 2 aromatic heterocycles. The zero-order chi connectivity index (χ0) is 21.5. The molecule has 172 valence electrons. The van der Waals surface area contributed by atoms with Crippen LogP contribution in [0, 0.1) is 12.8 Å². The summed E-state index contributed by atoms with van der Waals surface area (Å²) in [5.74, 6) is 4.18. The molecule has 1 aromatic carbocycles. The Morgan fingerprint density at radius 3 is 2.75 bits per heavy atom. The lowest BCUT2D eigenvalue weighted by Crippen LogP contribution is -2.38. The van der Waals surface area contributed by atoms with E-state index in [1.165, 1.54) is 17.7 Å². The number of aromatic nitrogens is 3. The van der Waals surface area contributed by atoms with Crippen LogP contribution in [0.3, 0.4) is 0 Å². The van der Waals surface area contributed by atoms with Gasteiger partial charge in [0.25, 0.3) is 0 Å². The van der Waals surface area contributed by atoms with Gasteiger partial charge in [0.15, 0.2) is 11.8 Å². The number of nitrogens with one attached hydrogen (secondary N) is 2. The molecule has 1 aliphatic carbocycles. The van der Waals surface area contributed by atoms with E-state index in [0.717, 1.165) is 54.4 Å². The van der Waals surface area contributed by atoms with Crippen LogP contribution in [0.5, 0.6) is 5.75 Å². The molecule has 0 aliphatic heterocycles. The highest BCUT2D eigenvalue weighted by Gasteiger charge is 2.22. The monoisotopic (exact) mass is 566 g/mol. The molecule has 0 bridgehead atoms. The van der Waals surface area contributed by atoms with Crippen molar-refractivity contribution >= 4 is 41.3 Å². The van der Waals surface area contributed by atoms with Gasteiger partial charge in [0.2, 0.25) is 0 Å². The first-order valence-corrected chi connectivity index (χ1v) is 11.7. The molecule has 0 spiro atoms. The Morgan fingerprint density at radius 2 is 2.03 bits per heavy atom. The molecule has 0 saturated heterocycles. The molecule has 1 saturated carbocycles. The summed E-state index contributed by atoms with van der Waals surface area (Å²) in [6, 6.07) is 12.4. The van der Waals surface area contributed by atoms with Crippen molar-refractivity contribution in [3.63, 3.8) is 0 Å². The third-order valence-corrected chi connectivity index (χ3v) is 6.33. The molecule has 4 rings (SSSR count). The van der Waals surface area contributed by atoms with Gasteiger partial charge in [-0.05, 0) is 49.6 Å². The highest BCUT2D eigenvalue weighted by Crippen LogP contribution is 2.30. The normalized spacial score (nSPS) is 13.5. The van der Waals surface area contributed by atoms with Gasteiger partial charge in [-0.1, -0.05) is 24.3 Å². The third kappa shape index (κ3) is 7.19.